The fourth-order valence-electron chi connectivity index (χ4n) is 1.86. The van der Waals surface area contributed by atoms with E-state index in [0.717, 1.165) is 19.5 Å². The van der Waals surface area contributed by atoms with Crippen LogP contribution in [0, 0.1) is 11.8 Å². The molecule has 3 N–H and O–H groups in total. The predicted molar refractivity (Wildman–Crippen MR) is 57.6 cm³/mol. The second kappa shape index (κ2) is 5.00. The molecule has 0 aromatic rings. The molecule has 1 fully saturated rings. The molecular formula is C10H19N3O2. The summed E-state index contributed by atoms with van der Waals surface area (Å²) in [5, 5.41) is 11.2. The van der Waals surface area contributed by atoms with E-state index in [9.17, 15) is 4.79 Å². The van der Waals surface area contributed by atoms with Crippen LogP contribution in [-0.2, 0) is 4.79 Å². The van der Waals surface area contributed by atoms with E-state index < -0.39 is 0 Å². The van der Waals surface area contributed by atoms with Crippen molar-refractivity contribution in [3.8, 4) is 0 Å². The molecule has 5 nitrogen and oxygen atoms in total. The molecule has 0 aliphatic carbocycles. The molecule has 5 heteroatoms. The highest BCUT2D eigenvalue weighted by molar-refractivity contribution is 5.98. The molecule has 15 heavy (non-hydrogen) atoms. The van der Waals surface area contributed by atoms with Gasteiger partial charge >= 0.3 is 0 Å². The van der Waals surface area contributed by atoms with Crippen LogP contribution in [0.1, 0.15) is 26.7 Å². The first-order valence-corrected chi connectivity index (χ1v) is 5.28. The predicted octanol–water partition coefficient (Wildman–Crippen LogP) is 0.627. The Hall–Kier alpha value is -1.26. The van der Waals surface area contributed by atoms with Crippen molar-refractivity contribution in [2.75, 3.05) is 13.1 Å². The molecule has 1 unspecified atom stereocenters. The number of hydrogen-bond acceptors (Lipinski definition) is 3. The maximum atomic E-state index is 11.6. The Morgan fingerprint density at radius 2 is 2.33 bits per heavy atom. The first-order chi connectivity index (χ1) is 7.04. The number of carbonyl (C=O) groups is 1. The van der Waals surface area contributed by atoms with Crippen LogP contribution in [0.5, 0.6) is 0 Å². The van der Waals surface area contributed by atoms with E-state index in [1.807, 2.05) is 0 Å². The van der Waals surface area contributed by atoms with Crippen LogP contribution in [0.15, 0.2) is 5.16 Å². The van der Waals surface area contributed by atoms with E-state index in [0.29, 0.717) is 11.8 Å². The van der Waals surface area contributed by atoms with Gasteiger partial charge in [0.25, 0.3) is 0 Å². The average molecular weight is 213 g/mol. The molecule has 1 rings (SSSR count). The summed E-state index contributed by atoms with van der Waals surface area (Å²) in [5.41, 5.74) is 5.29. The van der Waals surface area contributed by atoms with Crippen molar-refractivity contribution in [2.45, 2.75) is 26.7 Å². The van der Waals surface area contributed by atoms with Gasteiger partial charge in [-0.2, -0.15) is 0 Å². The molecule has 1 amide bonds. The zero-order chi connectivity index (χ0) is 11.4. The third-order valence-electron chi connectivity index (χ3n) is 2.98. The van der Waals surface area contributed by atoms with Crippen LogP contribution in [-0.4, -0.2) is 34.9 Å². The minimum Gasteiger partial charge on any atom is -0.409 e. The van der Waals surface area contributed by atoms with Crippen LogP contribution >= 0.6 is 0 Å². The summed E-state index contributed by atoms with van der Waals surface area (Å²) in [4.78, 5) is 13.4. The van der Waals surface area contributed by atoms with E-state index in [4.69, 9.17) is 10.9 Å². The topological polar surface area (TPSA) is 78.9 Å². The van der Waals surface area contributed by atoms with Crippen molar-refractivity contribution in [3.05, 3.63) is 0 Å². The Morgan fingerprint density at radius 3 is 2.80 bits per heavy atom. The quantitative estimate of drug-likeness (QED) is 0.312. The van der Waals surface area contributed by atoms with Gasteiger partial charge < -0.3 is 15.8 Å². The third-order valence-corrected chi connectivity index (χ3v) is 2.98. The lowest BCUT2D eigenvalue weighted by Gasteiger charge is -2.17. The molecule has 86 valence electrons. The average Bonchev–Trinajstić information content (AvgIpc) is 2.66. The second-order valence-electron chi connectivity index (χ2n) is 4.40. The standard InChI is InChI=1S/C10H19N3O2/c1-7(2)8-3-4-13(6-8)10(14)5-9(11)12-15/h7-8,15H,3-6H2,1-2H3,(H2,11,12). The smallest absolute Gasteiger partial charge is 0.230 e. The molecule has 0 aromatic heterocycles. The number of rotatable bonds is 3. The Labute approximate surface area is 89.9 Å². The monoisotopic (exact) mass is 213 g/mol. The number of nitrogens with zero attached hydrogens (tertiary/aromatic N) is 2. The van der Waals surface area contributed by atoms with Crippen molar-refractivity contribution in [2.24, 2.45) is 22.7 Å². The summed E-state index contributed by atoms with van der Waals surface area (Å²) >= 11 is 0. The van der Waals surface area contributed by atoms with E-state index in [-0.39, 0.29) is 18.2 Å². The molecular weight excluding hydrogens is 194 g/mol. The molecule has 1 aliphatic heterocycles. The summed E-state index contributed by atoms with van der Waals surface area (Å²) in [6.07, 6.45) is 1.07. The SMILES string of the molecule is CC(C)C1CCN(C(=O)CC(N)=NO)C1. The van der Waals surface area contributed by atoms with Gasteiger partial charge in [-0.15, -0.1) is 0 Å². The van der Waals surface area contributed by atoms with Gasteiger partial charge in [0.15, 0.2) is 0 Å². The third kappa shape index (κ3) is 3.11. The van der Waals surface area contributed by atoms with Crippen molar-refractivity contribution in [1.29, 1.82) is 0 Å². The molecule has 1 saturated heterocycles. The van der Waals surface area contributed by atoms with Gasteiger partial charge in [0, 0.05) is 13.1 Å². The summed E-state index contributed by atoms with van der Waals surface area (Å²) in [6, 6.07) is 0. The lowest BCUT2D eigenvalue weighted by atomic mass is 9.95. The zero-order valence-electron chi connectivity index (χ0n) is 9.31. The number of oxime groups is 1. The number of nitrogens with two attached hydrogens (primary N) is 1. The van der Waals surface area contributed by atoms with E-state index in [1.54, 1.807) is 4.90 Å². The highest BCUT2D eigenvalue weighted by atomic mass is 16.4. The van der Waals surface area contributed by atoms with Crippen molar-refractivity contribution >= 4 is 11.7 Å². The maximum absolute atomic E-state index is 11.6. The maximum Gasteiger partial charge on any atom is 0.230 e. The lowest BCUT2D eigenvalue weighted by Crippen LogP contribution is -2.32. The fourth-order valence-corrected chi connectivity index (χ4v) is 1.86. The highest BCUT2D eigenvalue weighted by Crippen LogP contribution is 2.23. The minimum atomic E-state index is -0.0477. The summed E-state index contributed by atoms with van der Waals surface area (Å²) in [7, 11) is 0. The van der Waals surface area contributed by atoms with Gasteiger partial charge in [-0.3, -0.25) is 4.79 Å². The van der Waals surface area contributed by atoms with Crippen molar-refractivity contribution in [3.63, 3.8) is 0 Å². The first kappa shape index (κ1) is 11.8. The van der Waals surface area contributed by atoms with Gasteiger partial charge in [0.2, 0.25) is 5.91 Å². The van der Waals surface area contributed by atoms with Crippen LogP contribution in [0.2, 0.25) is 0 Å². The number of amides is 1. The molecule has 0 radical (unpaired) electrons. The van der Waals surface area contributed by atoms with Crippen LogP contribution in [0.4, 0.5) is 0 Å². The van der Waals surface area contributed by atoms with Crippen LogP contribution in [0.3, 0.4) is 0 Å². The number of carbonyl (C=O) groups excluding carboxylic acids is 1. The summed E-state index contributed by atoms with van der Waals surface area (Å²) in [6.45, 7) is 5.93. The largest absolute Gasteiger partial charge is 0.409 e. The van der Waals surface area contributed by atoms with E-state index in [2.05, 4.69) is 19.0 Å². The molecule has 1 aliphatic rings. The second-order valence-corrected chi connectivity index (χ2v) is 4.40. The van der Waals surface area contributed by atoms with Crippen molar-refractivity contribution < 1.29 is 10.0 Å². The Balaban J connectivity index is 2.43. The Bertz CT molecular complexity index is 263. The molecule has 1 atom stereocenters. The highest BCUT2D eigenvalue weighted by Gasteiger charge is 2.28. The summed E-state index contributed by atoms with van der Waals surface area (Å²) in [5.74, 6) is 1.12. The normalized spacial score (nSPS) is 22.5. The minimum absolute atomic E-state index is 0.0152. The molecule has 0 spiro atoms. The number of likely N-dealkylation sites (tertiary alicyclic amines) is 1. The molecule has 0 saturated carbocycles. The number of hydrogen-bond donors (Lipinski definition) is 2. The van der Waals surface area contributed by atoms with Gasteiger partial charge in [-0.1, -0.05) is 19.0 Å². The Kier molecular flexibility index (Phi) is 3.94. The van der Waals surface area contributed by atoms with E-state index >= 15 is 0 Å². The fraction of sp³-hybridized carbons (Fsp3) is 0.800. The summed E-state index contributed by atoms with van der Waals surface area (Å²) < 4.78 is 0. The van der Waals surface area contributed by atoms with Gasteiger partial charge in [-0.05, 0) is 18.3 Å². The first-order valence-electron chi connectivity index (χ1n) is 5.28. The number of amidine groups is 1. The molecule has 0 bridgehead atoms. The van der Waals surface area contributed by atoms with Gasteiger partial charge in [0.05, 0.1) is 6.42 Å². The molecule has 1 heterocycles. The van der Waals surface area contributed by atoms with Crippen molar-refractivity contribution in [1.82, 2.24) is 4.90 Å². The van der Waals surface area contributed by atoms with Gasteiger partial charge in [-0.25, -0.2) is 0 Å². The van der Waals surface area contributed by atoms with Gasteiger partial charge in [0.1, 0.15) is 5.84 Å². The lowest BCUT2D eigenvalue weighted by molar-refractivity contribution is -0.129. The van der Waals surface area contributed by atoms with Crippen LogP contribution in [0.25, 0.3) is 0 Å². The van der Waals surface area contributed by atoms with Crippen LogP contribution < -0.4 is 5.73 Å². The van der Waals surface area contributed by atoms with E-state index in [1.165, 1.54) is 0 Å². The Morgan fingerprint density at radius 1 is 1.67 bits per heavy atom. The zero-order valence-corrected chi connectivity index (χ0v) is 9.31. The molecule has 0 aromatic carbocycles.